The van der Waals surface area contributed by atoms with E-state index in [0.29, 0.717) is 6.13 Å². The summed E-state index contributed by atoms with van der Waals surface area (Å²) in [7, 11) is 0. The number of fused-ring (bicyclic) bond motifs is 4. The van der Waals surface area contributed by atoms with Gasteiger partial charge in [-0.05, 0) is 69.8 Å². The first-order valence-electron chi connectivity index (χ1n) is 9.07. The van der Waals surface area contributed by atoms with Crippen LogP contribution in [0.1, 0.15) is 40.5 Å². The molecule has 0 aromatic rings. The third kappa shape index (κ3) is 0.948. The second-order valence-electron chi connectivity index (χ2n) is 10.0. The monoisotopic (exact) mass is 288 g/mol. The lowest BCUT2D eigenvalue weighted by Gasteiger charge is -2.45. The van der Waals surface area contributed by atoms with Crippen molar-refractivity contribution in [2.45, 2.75) is 52.2 Å². The molecule has 0 heterocycles. The quantitative estimate of drug-likeness (QED) is 0.640. The number of hydrogen-bond donors (Lipinski definition) is 0. The molecule has 12 atom stereocenters. The molecule has 2 bridgehead atoms. The second-order valence-corrected chi connectivity index (χ2v) is 10.5. The standard InChI is InChI=1S/C18H26BCl/c1-7-11(5-9-15-13(7)17(9,15)3)19(20)12-6-10-16-14(8(12)2)18(10,16)4/h7-16H,5-6H2,1-4H3/t7-,8-,9?,10?,11+,12+,13-,14?,15+,16+,17?,18?/m0/s1. The van der Waals surface area contributed by atoms with Crippen molar-refractivity contribution in [3.63, 3.8) is 0 Å². The molecule has 5 unspecified atom stereocenters. The molecule has 0 radical (unpaired) electrons. The van der Waals surface area contributed by atoms with Crippen LogP contribution in [-0.2, 0) is 0 Å². The summed E-state index contributed by atoms with van der Waals surface area (Å²) in [4.78, 5) is 0. The molecule has 20 heavy (non-hydrogen) atoms. The lowest BCUT2D eigenvalue weighted by molar-refractivity contribution is 0.184. The van der Waals surface area contributed by atoms with Gasteiger partial charge in [-0.25, -0.2) is 0 Å². The van der Waals surface area contributed by atoms with Crippen LogP contribution >= 0.6 is 11.5 Å². The average Bonchev–Trinajstić information content (AvgIpc) is 3.32. The van der Waals surface area contributed by atoms with E-state index in [1.807, 2.05) is 0 Å². The summed E-state index contributed by atoms with van der Waals surface area (Å²) in [5.41, 5.74) is 1.59. The zero-order chi connectivity index (χ0) is 13.8. The van der Waals surface area contributed by atoms with Gasteiger partial charge < -0.3 is 0 Å². The van der Waals surface area contributed by atoms with Crippen molar-refractivity contribution in [3.05, 3.63) is 0 Å². The molecule has 0 aromatic heterocycles. The first-order valence-corrected chi connectivity index (χ1v) is 9.51. The summed E-state index contributed by atoms with van der Waals surface area (Å²) >= 11 is 7.11. The first-order chi connectivity index (χ1) is 9.43. The van der Waals surface area contributed by atoms with Gasteiger partial charge in [-0.2, -0.15) is 11.5 Å². The van der Waals surface area contributed by atoms with Crippen LogP contribution in [0.15, 0.2) is 0 Å². The predicted octanol–water partition coefficient (Wildman–Crippen LogP) is 4.80. The lowest BCUT2D eigenvalue weighted by atomic mass is 9.40. The van der Waals surface area contributed by atoms with E-state index >= 15 is 0 Å². The molecule has 0 aliphatic heterocycles. The highest BCUT2D eigenvalue weighted by molar-refractivity contribution is 7.08. The Kier molecular flexibility index (Phi) is 1.72. The van der Waals surface area contributed by atoms with Crippen LogP contribution in [0, 0.1) is 58.2 Å². The van der Waals surface area contributed by atoms with Gasteiger partial charge in [0, 0.05) is 0 Å². The normalized spacial score (nSPS) is 77.2. The first kappa shape index (κ1) is 11.9. The maximum absolute atomic E-state index is 7.11. The molecule has 7 fully saturated rings. The minimum Gasteiger partial charge on any atom is -0.195 e. The molecule has 7 aliphatic carbocycles. The predicted molar refractivity (Wildman–Crippen MR) is 83.8 cm³/mol. The van der Waals surface area contributed by atoms with E-state index in [-0.39, 0.29) is 0 Å². The summed E-state index contributed by atoms with van der Waals surface area (Å²) in [5, 5.41) is 0. The Labute approximate surface area is 128 Å². The van der Waals surface area contributed by atoms with Crippen molar-refractivity contribution in [2.75, 3.05) is 0 Å². The van der Waals surface area contributed by atoms with Crippen LogP contribution in [0.3, 0.4) is 0 Å². The molecule has 0 amide bonds. The van der Waals surface area contributed by atoms with E-state index in [0.717, 1.165) is 69.8 Å². The van der Waals surface area contributed by atoms with Crippen molar-refractivity contribution in [3.8, 4) is 0 Å². The highest BCUT2D eigenvalue weighted by Gasteiger charge is 2.88. The smallest absolute Gasteiger partial charge is 0.195 e. The van der Waals surface area contributed by atoms with E-state index in [9.17, 15) is 0 Å². The molecule has 7 saturated carbocycles. The van der Waals surface area contributed by atoms with E-state index in [2.05, 4.69) is 27.7 Å². The lowest BCUT2D eigenvalue weighted by Crippen LogP contribution is -2.41. The largest absolute Gasteiger partial charge is 0.257 e. The summed E-state index contributed by atoms with van der Waals surface area (Å²) in [6.07, 6.45) is 3.42. The number of halogens is 1. The molecule has 0 N–H and O–H groups in total. The maximum atomic E-state index is 7.11. The van der Waals surface area contributed by atoms with E-state index < -0.39 is 0 Å². The third-order valence-electron chi connectivity index (χ3n) is 10.0. The van der Waals surface area contributed by atoms with Gasteiger partial charge in [0.1, 0.15) is 0 Å². The minimum absolute atomic E-state index is 0.488. The van der Waals surface area contributed by atoms with Crippen LogP contribution in [0.2, 0.25) is 11.6 Å². The van der Waals surface area contributed by atoms with E-state index in [1.165, 1.54) is 12.8 Å². The van der Waals surface area contributed by atoms with Crippen molar-refractivity contribution in [2.24, 2.45) is 58.2 Å². The Hall–Kier alpha value is 0.355. The summed E-state index contributed by atoms with van der Waals surface area (Å²) in [6, 6.07) is 0. The SMILES string of the molecule is C[C@@H]1[C@H]2[C@H]3C(C[C@H]1B(Cl)[C@@H]1CC4[C@@H]5C([C@H]1C)C45C)C23C. The Morgan fingerprint density at radius 1 is 0.800 bits per heavy atom. The zero-order valence-electron chi connectivity index (χ0n) is 13.1. The van der Waals surface area contributed by atoms with Gasteiger partial charge in [-0.15, -0.1) is 0 Å². The molecule has 7 aliphatic rings. The fourth-order valence-corrected chi connectivity index (χ4v) is 9.24. The topological polar surface area (TPSA) is 0 Å². The summed E-state index contributed by atoms with van der Waals surface area (Å²) in [6.45, 7) is 10.1. The van der Waals surface area contributed by atoms with E-state index in [1.54, 1.807) is 0 Å². The Bertz CT molecular complexity index is 488. The molecule has 2 heteroatoms. The molecule has 0 nitrogen and oxygen atoms in total. The summed E-state index contributed by atoms with van der Waals surface area (Å²) in [5.74, 6) is 10.0. The Morgan fingerprint density at radius 3 is 1.45 bits per heavy atom. The summed E-state index contributed by atoms with van der Waals surface area (Å²) < 4.78 is 0. The van der Waals surface area contributed by atoms with Gasteiger partial charge in [0.2, 0.25) is 0 Å². The molecule has 7 rings (SSSR count). The highest BCUT2D eigenvalue weighted by atomic mass is 35.5. The minimum atomic E-state index is 0.488. The molecule has 108 valence electrons. The van der Waals surface area contributed by atoms with Crippen LogP contribution in [0.25, 0.3) is 0 Å². The second kappa shape index (κ2) is 2.91. The van der Waals surface area contributed by atoms with Crippen LogP contribution in [0.4, 0.5) is 0 Å². The van der Waals surface area contributed by atoms with Gasteiger partial charge in [0.05, 0.1) is 0 Å². The number of rotatable bonds is 2. The van der Waals surface area contributed by atoms with Crippen molar-refractivity contribution in [1.29, 1.82) is 0 Å². The van der Waals surface area contributed by atoms with Gasteiger partial charge in [0.15, 0.2) is 0 Å². The van der Waals surface area contributed by atoms with Gasteiger partial charge in [0.25, 0.3) is 6.13 Å². The van der Waals surface area contributed by atoms with Gasteiger partial charge >= 0.3 is 0 Å². The third-order valence-corrected chi connectivity index (χ3v) is 10.7. The van der Waals surface area contributed by atoms with Crippen LogP contribution in [0.5, 0.6) is 0 Å². The fourth-order valence-electron chi connectivity index (χ4n) is 8.58. The molecule has 0 spiro atoms. The molecule has 0 saturated heterocycles. The van der Waals surface area contributed by atoms with Crippen molar-refractivity contribution >= 4 is 17.6 Å². The van der Waals surface area contributed by atoms with Crippen molar-refractivity contribution in [1.82, 2.24) is 0 Å². The van der Waals surface area contributed by atoms with Crippen LogP contribution < -0.4 is 0 Å². The molecule has 0 aromatic carbocycles. The zero-order valence-corrected chi connectivity index (χ0v) is 13.9. The Morgan fingerprint density at radius 2 is 1.15 bits per heavy atom. The van der Waals surface area contributed by atoms with Gasteiger partial charge in [-0.1, -0.05) is 40.5 Å². The fraction of sp³-hybridized carbons (Fsp3) is 1.00. The highest BCUT2D eigenvalue weighted by Crippen LogP contribution is 2.93. The maximum Gasteiger partial charge on any atom is 0.257 e. The van der Waals surface area contributed by atoms with E-state index in [4.69, 9.17) is 11.5 Å². The molecular formula is C18H26BCl. The Balaban J connectivity index is 1.23. The van der Waals surface area contributed by atoms with Gasteiger partial charge in [-0.3, -0.25) is 0 Å². The van der Waals surface area contributed by atoms with Crippen molar-refractivity contribution < 1.29 is 0 Å². The number of hydrogen-bond acceptors (Lipinski definition) is 0. The van der Waals surface area contributed by atoms with Crippen LogP contribution in [-0.4, -0.2) is 6.13 Å². The average molecular weight is 289 g/mol. The molecular weight excluding hydrogens is 262 g/mol.